The minimum absolute atomic E-state index is 0.0992. The van der Waals surface area contributed by atoms with Crippen molar-refractivity contribution >= 4 is 0 Å². The van der Waals surface area contributed by atoms with Crippen LogP contribution < -0.4 is 16.0 Å². The van der Waals surface area contributed by atoms with Gasteiger partial charge >= 0.3 is 0 Å². The molecule has 0 aromatic heterocycles. The third-order valence-corrected chi connectivity index (χ3v) is 2.09. The second kappa shape index (κ2) is 5.42. The zero-order valence-corrected chi connectivity index (χ0v) is 8.36. The van der Waals surface area contributed by atoms with Crippen molar-refractivity contribution in [2.24, 2.45) is 5.84 Å². The molecular weight excluding hydrogens is 176 g/mol. The van der Waals surface area contributed by atoms with Crippen LogP contribution in [0.1, 0.15) is 5.56 Å². The van der Waals surface area contributed by atoms with E-state index in [0.29, 0.717) is 0 Å². The van der Waals surface area contributed by atoms with Crippen LogP contribution in [0.15, 0.2) is 36.9 Å². The van der Waals surface area contributed by atoms with Crippen molar-refractivity contribution < 1.29 is 4.74 Å². The van der Waals surface area contributed by atoms with Gasteiger partial charge in [-0.1, -0.05) is 18.2 Å². The molecular formula is C11H16N2O. The molecule has 1 aromatic rings. The van der Waals surface area contributed by atoms with E-state index in [9.17, 15) is 0 Å². The van der Waals surface area contributed by atoms with Crippen molar-refractivity contribution in [1.82, 2.24) is 5.43 Å². The van der Waals surface area contributed by atoms with Crippen LogP contribution >= 0.6 is 0 Å². The Morgan fingerprint density at radius 3 is 3.00 bits per heavy atom. The van der Waals surface area contributed by atoms with Gasteiger partial charge in [0.1, 0.15) is 5.75 Å². The molecule has 1 unspecified atom stereocenters. The summed E-state index contributed by atoms with van der Waals surface area (Å²) in [6.07, 6.45) is 2.61. The first-order valence-corrected chi connectivity index (χ1v) is 4.51. The van der Waals surface area contributed by atoms with E-state index in [2.05, 4.69) is 12.0 Å². The topological polar surface area (TPSA) is 47.3 Å². The Bertz CT molecular complexity index is 299. The summed E-state index contributed by atoms with van der Waals surface area (Å²) in [5, 5.41) is 0. The molecule has 1 aromatic carbocycles. The fourth-order valence-electron chi connectivity index (χ4n) is 1.26. The quantitative estimate of drug-likeness (QED) is 0.419. The molecule has 0 saturated heterocycles. The van der Waals surface area contributed by atoms with Gasteiger partial charge in [0.15, 0.2) is 0 Å². The Morgan fingerprint density at radius 1 is 1.64 bits per heavy atom. The minimum Gasteiger partial charge on any atom is -0.497 e. The molecule has 3 N–H and O–H groups in total. The van der Waals surface area contributed by atoms with Crippen molar-refractivity contribution in [3.8, 4) is 5.75 Å². The lowest BCUT2D eigenvalue weighted by Crippen LogP contribution is -2.34. The molecule has 3 heteroatoms. The smallest absolute Gasteiger partial charge is 0.119 e. The van der Waals surface area contributed by atoms with Crippen LogP contribution in [0, 0.1) is 0 Å². The van der Waals surface area contributed by atoms with Gasteiger partial charge in [0.05, 0.1) is 7.11 Å². The number of rotatable bonds is 5. The lowest BCUT2D eigenvalue weighted by molar-refractivity contribution is 0.414. The maximum Gasteiger partial charge on any atom is 0.119 e. The first-order valence-electron chi connectivity index (χ1n) is 4.51. The second-order valence-electron chi connectivity index (χ2n) is 3.06. The molecule has 0 fully saturated rings. The second-order valence-corrected chi connectivity index (χ2v) is 3.06. The van der Waals surface area contributed by atoms with Crippen LogP contribution in [0.4, 0.5) is 0 Å². The van der Waals surface area contributed by atoms with E-state index in [1.807, 2.05) is 24.3 Å². The third-order valence-electron chi connectivity index (χ3n) is 2.09. The summed E-state index contributed by atoms with van der Waals surface area (Å²) in [5.74, 6) is 6.21. The first-order chi connectivity index (χ1) is 6.80. The molecule has 0 bridgehead atoms. The molecule has 0 saturated carbocycles. The van der Waals surface area contributed by atoms with Crippen LogP contribution in [0.3, 0.4) is 0 Å². The zero-order valence-electron chi connectivity index (χ0n) is 8.36. The molecule has 1 rings (SSSR count). The van der Waals surface area contributed by atoms with Gasteiger partial charge in [0, 0.05) is 6.04 Å². The van der Waals surface area contributed by atoms with Gasteiger partial charge in [-0.3, -0.25) is 11.3 Å². The summed E-state index contributed by atoms with van der Waals surface area (Å²) >= 11 is 0. The van der Waals surface area contributed by atoms with Crippen LogP contribution in [-0.4, -0.2) is 13.2 Å². The highest BCUT2D eigenvalue weighted by atomic mass is 16.5. The summed E-state index contributed by atoms with van der Waals surface area (Å²) in [5.41, 5.74) is 3.85. The van der Waals surface area contributed by atoms with Gasteiger partial charge in [0.2, 0.25) is 0 Å². The largest absolute Gasteiger partial charge is 0.497 e. The summed E-state index contributed by atoms with van der Waals surface area (Å²) in [6, 6.07) is 8.01. The number of ether oxygens (including phenoxy) is 1. The molecule has 1 atom stereocenters. The Kier molecular flexibility index (Phi) is 4.16. The number of methoxy groups -OCH3 is 1. The molecule has 76 valence electrons. The number of benzene rings is 1. The fourth-order valence-corrected chi connectivity index (χ4v) is 1.26. The highest BCUT2D eigenvalue weighted by molar-refractivity contribution is 5.29. The Labute approximate surface area is 84.5 Å². The van der Waals surface area contributed by atoms with E-state index in [1.54, 1.807) is 13.2 Å². The van der Waals surface area contributed by atoms with E-state index >= 15 is 0 Å². The lowest BCUT2D eigenvalue weighted by Gasteiger charge is -2.11. The normalized spacial score (nSPS) is 12.1. The Hall–Kier alpha value is -1.32. The zero-order chi connectivity index (χ0) is 10.4. The molecule has 0 amide bonds. The van der Waals surface area contributed by atoms with Gasteiger partial charge < -0.3 is 4.74 Å². The molecule has 0 spiro atoms. The molecule has 0 aliphatic carbocycles. The van der Waals surface area contributed by atoms with Gasteiger partial charge in [-0.2, -0.15) is 0 Å². The number of nitrogens with one attached hydrogen (secondary N) is 1. The van der Waals surface area contributed by atoms with E-state index in [-0.39, 0.29) is 6.04 Å². The molecule has 0 heterocycles. The summed E-state index contributed by atoms with van der Waals surface area (Å²) in [4.78, 5) is 0. The maximum absolute atomic E-state index is 5.35. The van der Waals surface area contributed by atoms with Crippen molar-refractivity contribution in [3.05, 3.63) is 42.5 Å². The molecule has 14 heavy (non-hydrogen) atoms. The Balaban J connectivity index is 2.70. The predicted molar refractivity (Wildman–Crippen MR) is 58.0 cm³/mol. The molecule has 0 aliphatic heterocycles. The molecule has 0 aliphatic rings. The Morgan fingerprint density at radius 2 is 2.43 bits per heavy atom. The highest BCUT2D eigenvalue weighted by Gasteiger charge is 2.03. The van der Waals surface area contributed by atoms with Crippen molar-refractivity contribution in [1.29, 1.82) is 0 Å². The number of hydrogen-bond donors (Lipinski definition) is 2. The summed E-state index contributed by atoms with van der Waals surface area (Å²) < 4.78 is 5.13. The predicted octanol–water partition coefficient (Wildman–Crippen LogP) is 1.26. The molecule has 0 radical (unpaired) electrons. The van der Waals surface area contributed by atoms with E-state index in [4.69, 9.17) is 10.6 Å². The monoisotopic (exact) mass is 192 g/mol. The van der Waals surface area contributed by atoms with Crippen molar-refractivity contribution in [3.63, 3.8) is 0 Å². The number of hydrazine groups is 1. The maximum atomic E-state index is 5.35. The fraction of sp³-hybridized carbons (Fsp3) is 0.273. The van der Waals surface area contributed by atoms with Gasteiger partial charge in [-0.05, 0) is 24.1 Å². The SMILES string of the molecule is C=CC(Cc1cccc(OC)c1)NN. The van der Waals surface area contributed by atoms with E-state index in [0.717, 1.165) is 12.2 Å². The van der Waals surface area contributed by atoms with Gasteiger partial charge in [-0.25, -0.2) is 0 Å². The van der Waals surface area contributed by atoms with Crippen LogP contribution in [0.5, 0.6) is 5.75 Å². The van der Waals surface area contributed by atoms with Crippen molar-refractivity contribution in [2.45, 2.75) is 12.5 Å². The number of nitrogens with two attached hydrogens (primary N) is 1. The average Bonchev–Trinajstić information content (AvgIpc) is 2.26. The van der Waals surface area contributed by atoms with Gasteiger partial charge in [-0.15, -0.1) is 6.58 Å². The highest BCUT2D eigenvalue weighted by Crippen LogP contribution is 2.13. The average molecular weight is 192 g/mol. The van der Waals surface area contributed by atoms with Crippen LogP contribution in [0.25, 0.3) is 0 Å². The molecule has 3 nitrogen and oxygen atoms in total. The lowest BCUT2D eigenvalue weighted by atomic mass is 10.1. The van der Waals surface area contributed by atoms with Crippen molar-refractivity contribution in [2.75, 3.05) is 7.11 Å². The third kappa shape index (κ3) is 2.87. The van der Waals surface area contributed by atoms with E-state index < -0.39 is 0 Å². The summed E-state index contributed by atoms with van der Waals surface area (Å²) in [7, 11) is 1.66. The summed E-state index contributed by atoms with van der Waals surface area (Å²) in [6.45, 7) is 3.70. The van der Waals surface area contributed by atoms with Crippen LogP contribution in [0.2, 0.25) is 0 Å². The van der Waals surface area contributed by atoms with Crippen LogP contribution in [-0.2, 0) is 6.42 Å². The number of hydrogen-bond acceptors (Lipinski definition) is 3. The standard InChI is InChI=1S/C11H16N2O/c1-3-10(13-12)7-9-5-4-6-11(8-9)14-2/h3-6,8,10,13H,1,7,12H2,2H3. The minimum atomic E-state index is 0.0992. The first kappa shape index (κ1) is 10.8. The van der Waals surface area contributed by atoms with Gasteiger partial charge in [0.25, 0.3) is 0 Å². The van der Waals surface area contributed by atoms with E-state index in [1.165, 1.54) is 5.56 Å².